The minimum Gasteiger partial charge on any atom is -0.463 e. The van der Waals surface area contributed by atoms with Crippen LogP contribution < -0.4 is 0 Å². The predicted octanol–water partition coefficient (Wildman–Crippen LogP) is 8.36. The number of fused-ring (bicyclic) bond motifs is 7. The van der Waals surface area contributed by atoms with Crippen molar-refractivity contribution in [2.45, 2.75) is 132 Å². The number of hydrogen-bond acceptors (Lipinski definition) is 4. The molecule has 6 rings (SSSR count). The number of esters is 1. The molecule has 6 saturated carbocycles. The van der Waals surface area contributed by atoms with Crippen molar-refractivity contribution in [1.29, 1.82) is 0 Å². The molecule has 0 radical (unpaired) electrons. The Bertz CT molecular complexity index is 1060. The summed E-state index contributed by atoms with van der Waals surface area (Å²) in [5.41, 5.74) is 2.54. The Kier molecular flexibility index (Phi) is 7.22. The molecule has 0 aromatic rings. The number of allylic oxidation sites excluding steroid dienone is 1. The zero-order chi connectivity index (χ0) is 29.6. The van der Waals surface area contributed by atoms with Crippen molar-refractivity contribution in [3.05, 3.63) is 12.2 Å². The molecule has 41 heavy (non-hydrogen) atoms. The lowest BCUT2D eigenvalue weighted by atomic mass is 9.28. The molecule has 0 saturated heterocycles. The maximum atomic E-state index is 12.7. The summed E-state index contributed by atoms with van der Waals surface area (Å²) < 4.78 is 11.5. The van der Waals surface area contributed by atoms with E-state index in [2.05, 4.69) is 48.1 Å². The van der Waals surface area contributed by atoms with Gasteiger partial charge in [0.25, 0.3) is 0 Å². The van der Waals surface area contributed by atoms with Gasteiger partial charge in [0.2, 0.25) is 0 Å². The monoisotopic (exact) mass is 568 g/mol. The van der Waals surface area contributed by atoms with Crippen molar-refractivity contribution in [2.75, 3.05) is 19.8 Å². The molecule has 1 N–H and O–H groups in total. The zero-order valence-corrected chi connectivity index (χ0v) is 27.4. The maximum Gasteiger partial charge on any atom is 0.332 e. The molecule has 6 fully saturated rings. The van der Waals surface area contributed by atoms with Gasteiger partial charge in [0.1, 0.15) is 6.61 Å². The van der Waals surface area contributed by atoms with Crippen molar-refractivity contribution in [2.24, 2.45) is 62.1 Å². The molecule has 0 spiro atoms. The van der Waals surface area contributed by atoms with Crippen LogP contribution in [0.4, 0.5) is 0 Å². The molecule has 0 aliphatic heterocycles. The van der Waals surface area contributed by atoms with Crippen LogP contribution in [0.2, 0.25) is 0 Å². The van der Waals surface area contributed by atoms with Gasteiger partial charge < -0.3 is 14.6 Å². The second kappa shape index (κ2) is 9.82. The molecule has 6 aliphatic rings. The van der Waals surface area contributed by atoms with Gasteiger partial charge in [0.15, 0.2) is 0 Å². The molecule has 0 aromatic heterocycles. The van der Waals surface area contributed by atoms with Gasteiger partial charge in [-0.2, -0.15) is 0 Å². The van der Waals surface area contributed by atoms with Gasteiger partial charge >= 0.3 is 5.97 Å². The third-order valence-corrected chi connectivity index (χ3v) is 15.7. The lowest BCUT2D eigenvalue weighted by Gasteiger charge is -2.77. The Morgan fingerprint density at radius 3 is 2.24 bits per heavy atom. The first-order valence-electron chi connectivity index (χ1n) is 17.3. The molecule has 232 valence electrons. The second-order valence-corrected chi connectivity index (χ2v) is 17.3. The third-order valence-electron chi connectivity index (χ3n) is 15.7. The quantitative estimate of drug-likeness (QED) is 0.248. The summed E-state index contributed by atoms with van der Waals surface area (Å²) in [5.74, 6) is 2.97. The minimum atomic E-state index is -0.198. The summed E-state index contributed by atoms with van der Waals surface area (Å²) >= 11 is 0. The van der Waals surface area contributed by atoms with Crippen LogP contribution in [0.1, 0.15) is 126 Å². The number of aliphatic hydroxyl groups excluding tert-OH is 1. The first kappa shape index (κ1) is 30.2. The standard InChI is InChI=1S/C37H60O4/c1-9-40-22-30(39)41-23-36-18-12-26(24(2)3)31(36)37(25-10-11-25)19-14-28-33(6)16-15-29(38)32(4,5)27(33)13-17-34(28,7)35(37,8)20-21-36/h25-29,31,38H,2,9-23H2,1,3-8H3/t26-,27-,28+,29-,31-,33-,34+,35-,36+,37-/m0/s1. The van der Waals surface area contributed by atoms with Gasteiger partial charge in [-0.25, -0.2) is 4.79 Å². The van der Waals surface area contributed by atoms with Crippen molar-refractivity contribution in [1.82, 2.24) is 0 Å². The molecular weight excluding hydrogens is 508 g/mol. The van der Waals surface area contributed by atoms with Gasteiger partial charge in [-0.3, -0.25) is 0 Å². The Balaban J connectivity index is 1.41. The highest BCUT2D eigenvalue weighted by molar-refractivity contribution is 5.70. The minimum absolute atomic E-state index is 0.0101. The predicted molar refractivity (Wildman–Crippen MR) is 164 cm³/mol. The summed E-state index contributed by atoms with van der Waals surface area (Å²) in [6.45, 7) is 22.8. The summed E-state index contributed by atoms with van der Waals surface area (Å²) in [7, 11) is 0. The number of hydrogen-bond donors (Lipinski definition) is 1. The van der Waals surface area contributed by atoms with E-state index in [1.54, 1.807) is 0 Å². The zero-order valence-electron chi connectivity index (χ0n) is 27.4. The highest BCUT2D eigenvalue weighted by atomic mass is 16.6. The Morgan fingerprint density at radius 1 is 0.878 bits per heavy atom. The summed E-state index contributed by atoms with van der Waals surface area (Å²) in [4.78, 5) is 12.7. The lowest BCUT2D eigenvalue weighted by molar-refractivity contribution is -0.291. The average Bonchev–Trinajstić information content (AvgIpc) is 3.69. The van der Waals surface area contributed by atoms with E-state index in [4.69, 9.17) is 9.47 Å². The second-order valence-electron chi connectivity index (χ2n) is 17.3. The first-order valence-corrected chi connectivity index (χ1v) is 17.3. The van der Waals surface area contributed by atoms with Gasteiger partial charge in [-0.05, 0) is 148 Å². The van der Waals surface area contributed by atoms with Gasteiger partial charge in [-0.15, -0.1) is 0 Å². The number of rotatable bonds is 7. The van der Waals surface area contributed by atoms with Crippen LogP contribution >= 0.6 is 0 Å². The fourth-order valence-corrected chi connectivity index (χ4v) is 13.7. The van der Waals surface area contributed by atoms with E-state index in [0.29, 0.717) is 42.3 Å². The van der Waals surface area contributed by atoms with E-state index in [9.17, 15) is 9.90 Å². The largest absolute Gasteiger partial charge is 0.463 e. The van der Waals surface area contributed by atoms with E-state index >= 15 is 0 Å². The number of carbonyl (C=O) groups excluding carboxylic acids is 1. The van der Waals surface area contributed by atoms with Gasteiger partial charge in [-0.1, -0.05) is 46.8 Å². The average molecular weight is 569 g/mol. The van der Waals surface area contributed by atoms with Crippen LogP contribution in [0.15, 0.2) is 12.2 Å². The van der Waals surface area contributed by atoms with Gasteiger partial charge in [0, 0.05) is 12.0 Å². The highest BCUT2D eigenvalue weighted by Crippen LogP contribution is 2.84. The molecule has 10 atom stereocenters. The van der Waals surface area contributed by atoms with Crippen LogP contribution in [-0.2, 0) is 14.3 Å². The van der Waals surface area contributed by atoms with E-state index in [1.165, 1.54) is 69.8 Å². The van der Waals surface area contributed by atoms with Crippen LogP contribution in [0, 0.1) is 62.1 Å². The molecule has 0 aromatic carbocycles. The fourth-order valence-electron chi connectivity index (χ4n) is 13.7. The van der Waals surface area contributed by atoms with E-state index < -0.39 is 0 Å². The molecule has 4 nitrogen and oxygen atoms in total. The molecule has 0 amide bonds. The van der Waals surface area contributed by atoms with Crippen molar-refractivity contribution in [3.8, 4) is 0 Å². The summed E-state index contributed by atoms with van der Waals surface area (Å²) in [6, 6.07) is 0. The Morgan fingerprint density at radius 2 is 1.59 bits per heavy atom. The molecule has 0 heterocycles. The maximum absolute atomic E-state index is 12.7. The van der Waals surface area contributed by atoms with Crippen molar-refractivity contribution in [3.63, 3.8) is 0 Å². The molecule has 6 aliphatic carbocycles. The number of carbonyl (C=O) groups is 1. The molecular formula is C37H60O4. The van der Waals surface area contributed by atoms with E-state index in [-0.39, 0.29) is 45.8 Å². The fraction of sp³-hybridized carbons (Fsp3) is 0.919. The van der Waals surface area contributed by atoms with Gasteiger partial charge in [0.05, 0.1) is 12.7 Å². The Labute approximate surface area is 250 Å². The first-order chi connectivity index (χ1) is 19.2. The van der Waals surface area contributed by atoms with Crippen LogP contribution in [0.25, 0.3) is 0 Å². The topological polar surface area (TPSA) is 55.8 Å². The molecule has 0 bridgehead atoms. The van der Waals surface area contributed by atoms with E-state index in [0.717, 1.165) is 18.8 Å². The smallest absolute Gasteiger partial charge is 0.332 e. The van der Waals surface area contributed by atoms with Crippen LogP contribution in [0.5, 0.6) is 0 Å². The SMILES string of the molecule is C=C(C)[C@@H]1CC[C@]2(COC(=O)COCC)CC[C@]3(C)[C@](C4CC4)(CC[C@@H]4[C@@]5(C)CC[C@H](O)C(C)(C)[C@@H]5CC[C@]43C)[C@@H]12. The lowest BCUT2D eigenvalue weighted by Crippen LogP contribution is -2.71. The molecule has 4 heteroatoms. The highest BCUT2D eigenvalue weighted by Gasteiger charge is 2.78. The number of aliphatic hydroxyl groups is 1. The summed E-state index contributed by atoms with van der Waals surface area (Å²) in [6.07, 6.45) is 14.7. The number of ether oxygens (including phenoxy) is 2. The van der Waals surface area contributed by atoms with E-state index in [1.807, 2.05) is 6.92 Å². The van der Waals surface area contributed by atoms with Crippen molar-refractivity contribution >= 4 is 5.97 Å². The van der Waals surface area contributed by atoms with Crippen LogP contribution in [0.3, 0.4) is 0 Å². The Hall–Kier alpha value is -0.870. The molecule has 0 unspecified atom stereocenters. The third kappa shape index (κ3) is 3.93. The normalized spacial score (nSPS) is 50.2. The van der Waals surface area contributed by atoms with Crippen LogP contribution in [-0.4, -0.2) is 37.0 Å². The van der Waals surface area contributed by atoms with Crippen molar-refractivity contribution < 1.29 is 19.4 Å². The summed E-state index contributed by atoms with van der Waals surface area (Å²) in [5, 5.41) is 11.1.